The molecule has 1 aliphatic rings. The van der Waals surface area contributed by atoms with Crippen molar-refractivity contribution in [2.75, 3.05) is 44.4 Å². The van der Waals surface area contributed by atoms with Crippen LogP contribution in [-0.2, 0) is 4.74 Å². The molecule has 1 radical (unpaired) electrons. The van der Waals surface area contributed by atoms with E-state index in [1.807, 2.05) is 20.8 Å². The molecule has 7 nitrogen and oxygen atoms in total. The molecule has 1 aromatic rings. The van der Waals surface area contributed by atoms with Crippen LogP contribution in [0.3, 0.4) is 0 Å². The SMILES string of the molecule is CC(C)(C)NC[C](O)COc1nsnc1N1CCOCC1. The van der Waals surface area contributed by atoms with Crippen molar-refractivity contribution in [3.05, 3.63) is 6.10 Å². The number of anilines is 1. The minimum atomic E-state index is -0.0465. The Morgan fingerprint density at radius 3 is 2.76 bits per heavy atom. The van der Waals surface area contributed by atoms with E-state index in [9.17, 15) is 5.11 Å². The summed E-state index contributed by atoms with van der Waals surface area (Å²) in [6.45, 7) is 9.58. The molecule has 0 aliphatic carbocycles. The first kappa shape index (κ1) is 16.4. The van der Waals surface area contributed by atoms with Crippen LogP contribution in [0.5, 0.6) is 5.88 Å². The van der Waals surface area contributed by atoms with E-state index >= 15 is 0 Å². The number of morpholine rings is 1. The normalized spacial score (nSPS) is 16.5. The standard InChI is InChI=1S/C13H23N4O3S/c1-13(2,3)14-8-10(18)9-20-12-11(15-21-16-12)17-4-6-19-7-5-17/h14,18H,4-9H2,1-3H3. The van der Waals surface area contributed by atoms with Gasteiger partial charge in [0.1, 0.15) is 12.7 Å². The molecule has 2 rings (SSSR count). The Bertz CT molecular complexity index is 429. The predicted molar refractivity (Wildman–Crippen MR) is 81.4 cm³/mol. The minimum Gasteiger partial charge on any atom is -0.471 e. The maximum Gasteiger partial charge on any atom is 0.270 e. The third kappa shape index (κ3) is 5.39. The van der Waals surface area contributed by atoms with Crippen molar-refractivity contribution in [1.82, 2.24) is 14.1 Å². The van der Waals surface area contributed by atoms with Gasteiger partial charge >= 0.3 is 0 Å². The monoisotopic (exact) mass is 315 g/mol. The number of hydrogen-bond donors (Lipinski definition) is 2. The Kier molecular flexibility index (Phi) is 5.74. The number of ether oxygens (including phenoxy) is 2. The van der Waals surface area contributed by atoms with Gasteiger partial charge in [-0.15, -0.1) is 4.37 Å². The van der Waals surface area contributed by atoms with Gasteiger partial charge in [-0.25, -0.2) is 0 Å². The first-order valence-corrected chi connectivity index (χ1v) is 7.75. The van der Waals surface area contributed by atoms with Gasteiger partial charge in [-0.2, -0.15) is 4.37 Å². The van der Waals surface area contributed by atoms with Gasteiger partial charge < -0.3 is 24.8 Å². The van der Waals surface area contributed by atoms with E-state index in [1.165, 1.54) is 0 Å². The van der Waals surface area contributed by atoms with E-state index in [0.29, 0.717) is 25.6 Å². The van der Waals surface area contributed by atoms with Crippen LogP contribution in [0.2, 0.25) is 0 Å². The quantitative estimate of drug-likeness (QED) is 0.812. The zero-order valence-corrected chi connectivity index (χ0v) is 13.6. The van der Waals surface area contributed by atoms with Crippen LogP contribution in [0.25, 0.3) is 0 Å². The van der Waals surface area contributed by atoms with Crippen molar-refractivity contribution < 1.29 is 14.6 Å². The fourth-order valence-electron chi connectivity index (χ4n) is 1.80. The zero-order chi connectivity index (χ0) is 15.3. The van der Waals surface area contributed by atoms with Crippen LogP contribution < -0.4 is 15.0 Å². The molecule has 1 fully saturated rings. The lowest BCUT2D eigenvalue weighted by atomic mass is 10.1. The summed E-state index contributed by atoms with van der Waals surface area (Å²) in [5.74, 6) is 1.21. The highest BCUT2D eigenvalue weighted by Crippen LogP contribution is 2.26. The number of rotatable bonds is 6. The average Bonchev–Trinajstić information content (AvgIpc) is 2.91. The summed E-state index contributed by atoms with van der Waals surface area (Å²) < 4.78 is 19.3. The largest absolute Gasteiger partial charge is 0.471 e. The van der Waals surface area contributed by atoms with Gasteiger partial charge in [0.15, 0.2) is 0 Å². The van der Waals surface area contributed by atoms with Crippen molar-refractivity contribution in [2.45, 2.75) is 26.3 Å². The van der Waals surface area contributed by atoms with Crippen molar-refractivity contribution in [1.29, 1.82) is 0 Å². The van der Waals surface area contributed by atoms with E-state index < -0.39 is 0 Å². The molecule has 0 saturated carbocycles. The summed E-state index contributed by atoms with van der Waals surface area (Å²) in [7, 11) is 0. The zero-order valence-electron chi connectivity index (χ0n) is 12.8. The van der Waals surface area contributed by atoms with Crippen molar-refractivity contribution >= 4 is 17.5 Å². The van der Waals surface area contributed by atoms with Gasteiger partial charge in [-0.3, -0.25) is 0 Å². The first-order valence-electron chi connectivity index (χ1n) is 7.02. The Balaban J connectivity index is 1.82. The Hall–Kier alpha value is -0.960. The summed E-state index contributed by atoms with van der Waals surface area (Å²) in [6, 6.07) is 0. The molecular formula is C13H23N4O3S. The second-order valence-corrected chi connectivity index (χ2v) is 6.48. The molecule has 1 aliphatic heterocycles. The Morgan fingerprint density at radius 2 is 2.10 bits per heavy atom. The molecule has 2 N–H and O–H groups in total. The molecule has 8 heteroatoms. The molecule has 21 heavy (non-hydrogen) atoms. The van der Waals surface area contributed by atoms with Crippen LogP contribution in [0.4, 0.5) is 5.82 Å². The number of aromatic nitrogens is 2. The van der Waals surface area contributed by atoms with E-state index in [1.54, 1.807) is 0 Å². The van der Waals surface area contributed by atoms with Crippen LogP contribution in [0.15, 0.2) is 0 Å². The van der Waals surface area contributed by atoms with Gasteiger partial charge in [0.05, 0.1) is 24.9 Å². The van der Waals surface area contributed by atoms with Gasteiger partial charge in [0.25, 0.3) is 5.88 Å². The highest BCUT2D eigenvalue weighted by atomic mass is 32.1. The third-order valence-corrected chi connectivity index (χ3v) is 3.45. The average molecular weight is 315 g/mol. The third-order valence-electron chi connectivity index (χ3n) is 2.95. The number of aliphatic hydroxyl groups excluding tert-OH is 1. The van der Waals surface area contributed by atoms with E-state index in [-0.39, 0.29) is 18.2 Å². The van der Waals surface area contributed by atoms with Crippen molar-refractivity contribution in [3.8, 4) is 5.88 Å². The van der Waals surface area contributed by atoms with E-state index in [2.05, 4.69) is 19.0 Å². The summed E-state index contributed by atoms with van der Waals surface area (Å²) >= 11 is 1.12. The lowest BCUT2D eigenvalue weighted by Gasteiger charge is -2.27. The number of hydrogen-bond acceptors (Lipinski definition) is 8. The molecular weight excluding hydrogens is 292 g/mol. The summed E-state index contributed by atoms with van der Waals surface area (Å²) in [4.78, 5) is 2.09. The molecule has 0 atom stereocenters. The Morgan fingerprint density at radius 1 is 1.38 bits per heavy atom. The molecule has 119 valence electrons. The lowest BCUT2D eigenvalue weighted by Crippen LogP contribution is -2.39. The van der Waals surface area contributed by atoms with Gasteiger partial charge in [0, 0.05) is 25.2 Å². The predicted octanol–water partition coefficient (Wildman–Crippen LogP) is 1.05. The fourth-order valence-corrected chi connectivity index (χ4v) is 2.33. The summed E-state index contributed by atoms with van der Waals surface area (Å²) in [5.41, 5.74) is -0.0465. The van der Waals surface area contributed by atoms with Crippen LogP contribution in [0, 0.1) is 6.10 Å². The number of aliphatic hydroxyl groups is 1. The smallest absolute Gasteiger partial charge is 0.270 e. The topological polar surface area (TPSA) is 79.7 Å². The maximum atomic E-state index is 9.86. The summed E-state index contributed by atoms with van der Waals surface area (Å²) in [6.07, 6.45) is 0.242. The van der Waals surface area contributed by atoms with E-state index in [4.69, 9.17) is 9.47 Å². The summed E-state index contributed by atoms with van der Waals surface area (Å²) in [5, 5.41) is 13.1. The highest BCUT2D eigenvalue weighted by molar-refractivity contribution is 6.99. The fraction of sp³-hybridized carbons (Fsp3) is 0.769. The van der Waals surface area contributed by atoms with Crippen molar-refractivity contribution in [2.24, 2.45) is 0 Å². The molecule has 1 aromatic heterocycles. The molecule has 2 heterocycles. The molecule has 1 saturated heterocycles. The van der Waals surface area contributed by atoms with Crippen LogP contribution >= 0.6 is 11.7 Å². The van der Waals surface area contributed by atoms with E-state index in [0.717, 1.165) is 30.6 Å². The molecule has 0 aromatic carbocycles. The number of nitrogens with zero attached hydrogens (tertiary/aromatic N) is 3. The highest BCUT2D eigenvalue weighted by Gasteiger charge is 2.21. The lowest BCUT2D eigenvalue weighted by molar-refractivity contribution is 0.122. The first-order chi connectivity index (χ1) is 9.96. The Labute approximate surface area is 129 Å². The molecule has 0 unspecified atom stereocenters. The van der Waals surface area contributed by atoms with Gasteiger partial charge in [-0.05, 0) is 20.8 Å². The second kappa shape index (κ2) is 7.35. The molecule has 0 bridgehead atoms. The number of nitrogens with one attached hydrogen (secondary N) is 1. The van der Waals surface area contributed by atoms with Crippen molar-refractivity contribution in [3.63, 3.8) is 0 Å². The van der Waals surface area contributed by atoms with Gasteiger partial charge in [-0.1, -0.05) is 0 Å². The van der Waals surface area contributed by atoms with Crippen LogP contribution in [-0.4, -0.2) is 58.8 Å². The van der Waals surface area contributed by atoms with Gasteiger partial charge in [0.2, 0.25) is 5.82 Å². The molecule has 0 spiro atoms. The molecule has 0 amide bonds. The maximum absolute atomic E-state index is 9.86. The second-order valence-electron chi connectivity index (χ2n) is 5.95. The minimum absolute atomic E-state index is 0.0465. The van der Waals surface area contributed by atoms with Crippen LogP contribution in [0.1, 0.15) is 20.8 Å².